The van der Waals surface area contributed by atoms with Gasteiger partial charge < -0.3 is 10.5 Å². The van der Waals surface area contributed by atoms with Crippen molar-refractivity contribution in [2.24, 2.45) is 0 Å². The molecule has 2 N–H and O–H groups in total. The highest BCUT2D eigenvalue weighted by atomic mass is 35.5. The highest BCUT2D eigenvalue weighted by molar-refractivity contribution is 6.34. The first-order chi connectivity index (χ1) is 6.74. The van der Waals surface area contributed by atoms with Crippen LogP contribution in [0.4, 0.5) is 5.69 Å². The van der Waals surface area contributed by atoms with Crippen LogP contribution >= 0.6 is 11.6 Å². The van der Waals surface area contributed by atoms with Gasteiger partial charge >= 0.3 is 0 Å². The van der Waals surface area contributed by atoms with Gasteiger partial charge in [-0.1, -0.05) is 23.7 Å². The maximum absolute atomic E-state index is 5.85. The van der Waals surface area contributed by atoms with Crippen LogP contribution in [0, 0.1) is 0 Å². The monoisotopic (exact) mass is 208 g/mol. The van der Waals surface area contributed by atoms with E-state index >= 15 is 0 Å². The van der Waals surface area contributed by atoms with Crippen LogP contribution in [0.25, 0.3) is 10.9 Å². The van der Waals surface area contributed by atoms with Crippen LogP contribution in [0.15, 0.2) is 24.4 Å². The fraction of sp³-hybridized carbons (Fsp3) is 0.100. The molecule has 1 aromatic heterocycles. The van der Waals surface area contributed by atoms with E-state index in [0.717, 1.165) is 10.9 Å². The highest BCUT2D eigenvalue weighted by Gasteiger charge is 2.07. The van der Waals surface area contributed by atoms with E-state index in [1.54, 1.807) is 7.11 Å². The van der Waals surface area contributed by atoms with E-state index in [9.17, 15) is 0 Å². The zero-order chi connectivity index (χ0) is 10.1. The van der Waals surface area contributed by atoms with Crippen molar-refractivity contribution in [3.63, 3.8) is 0 Å². The van der Waals surface area contributed by atoms with E-state index in [1.165, 1.54) is 6.20 Å². The number of fused-ring (bicyclic) bond motifs is 1. The van der Waals surface area contributed by atoms with Gasteiger partial charge in [0.05, 0.1) is 17.8 Å². The van der Waals surface area contributed by atoms with Gasteiger partial charge in [0.25, 0.3) is 0 Å². The molecule has 0 saturated carbocycles. The number of pyridine rings is 1. The molecular formula is C10H9ClN2O. The molecule has 0 amide bonds. The van der Waals surface area contributed by atoms with E-state index in [0.29, 0.717) is 16.5 Å². The number of anilines is 1. The van der Waals surface area contributed by atoms with Crippen LogP contribution in [-0.4, -0.2) is 12.1 Å². The molecule has 1 heterocycles. The second kappa shape index (κ2) is 3.35. The van der Waals surface area contributed by atoms with Gasteiger partial charge in [-0.15, -0.1) is 0 Å². The maximum atomic E-state index is 5.85. The largest absolute Gasteiger partial charge is 0.494 e. The molecule has 0 atom stereocenters. The predicted molar refractivity (Wildman–Crippen MR) is 57.7 cm³/mol. The van der Waals surface area contributed by atoms with Crippen LogP contribution < -0.4 is 10.5 Å². The first kappa shape index (κ1) is 9.09. The first-order valence-electron chi connectivity index (χ1n) is 4.10. The Kier molecular flexibility index (Phi) is 2.17. The average molecular weight is 209 g/mol. The lowest BCUT2D eigenvalue weighted by Gasteiger charge is -2.06. The van der Waals surface area contributed by atoms with Crippen molar-refractivity contribution in [3.05, 3.63) is 29.4 Å². The summed E-state index contributed by atoms with van der Waals surface area (Å²) in [6.07, 6.45) is 1.53. The summed E-state index contributed by atoms with van der Waals surface area (Å²) in [5, 5.41) is 1.28. The van der Waals surface area contributed by atoms with Gasteiger partial charge in [-0.25, -0.2) is 0 Å². The fourth-order valence-electron chi connectivity index (χ4n) is 1.36. The van der Waals surface area contributed by atoms with E-state index < -0.39 is 0 Å². The number of aromatic nitrogens is 1. The lowest BCUT2D eigenvalue weighted by molar-refractivity contribution is 0.419. The number of rotatable bonds is 1. The Morgan fingerprint density at radius 1 is 1.43 bits per heavy atom. The van der Waals surface area contributed by atoms with Crippen molar-refractivity contribution in [1.82, 2.24) is 4.98 Å². The third-order valence-corrected chi connectivity index (χ3v) is 2.37. The van der Waals surface area contributed by atoms with Gasteiger partial charge in [0, 0.05) is 11.6 Å². The molecular weight excluding hydrogens is 200 g/mol. The van der Waals surface area contributed by atoms with Crippen LogP contribution in [0.2, 0.25) is 5.02 Å². The predicted octanol–water partition coefficient (Wildman–Crippen LogP) is 2.48. The number of nitrogen functional groups attached to an aromatic ring is 1. The van der Waals surface area contributed by atoms with Crippen molar-refractivity contribution in [2.75, 3.05) is 12.8 Å². The second-order valence-corrected chi connectivity index (χ2v) is 3.28. The summed E-state index contributed by atoms with van der Waals surface area (Å²) in [5.74, 6) is 0.700. The van der Waals surface area contributed by atoms with Gasteiger partial charge in [0.2, 0.25) is 0 Å². The summed E-state index contributed by atoms with van der Waals surface area (Å²) < 4.78 is 5.16. The molecule has 0 bridgehead atoms. The fourth-order valence-corrected chi connectivity index (χ4v) is 1.51. The molecule has 0 aliphatic rings. The molecule has 0 fully saturated rings. The van der Waals surface area contributed by atoms with Gasteiger partial charge in [0.1, 0.15) is 11.3 Å². The zero-order valence-electron chi connectivity index (χ0n) is 7.62. The number of benzene rings is 1. The Hall–Kier alpha value is -1.48. The quantitative estimate of drug-likeness (QED) is 0.783. The molecule has 0 aliphatic heterocycles. The SMILES string of the molecule is COc1cccc2c(N)c(Cl)cnc12. The molecule has 0 unspecified atom stereocenters. The standard InChI is InChI=1S/C10H9ClN2O/c1-14-8-4-2-3-6-9(12)7(11)5-13-10(6)8/h2-5H,1H3,(H2,12,13). The number of nitrogens with two attached hydrogens (primary N) is 1. The summed E-state index contributed by atoms with van der Waals surface area (Å²) in [6, 6.07) is 5.56. The molecule has 14 heavy (non-hydrogen) atoms. The normalized spacial score (nSPS) is 10.4. The van der Waals surface area contributed by atoms with Crippen LogP contribution in [0.5, 0.6) is 5.75 Å². The number of hydrogen-bond acceptors (Lipinski definition) is 3. The third kappa shape index (κ3) is 1.26. The molecule has 2 rings (SSSR count). The molecule has 1 aromatic carbocycles. The first-order valence-corrected chi connectivity index (χ1v) is 4.48. The highest BCUT2D eigenvalue weighted by Crippen LogP contribution is 2.31. The zero-order valence-corrected chi connectivity index (χ0v) is 8.38. The molecule has 0 aliphatic carbocycles. The number of nitrogens with zero attached hydrogens (tertiary/aromatic N) is 1. The van der Waals surface area contributed by atoms with Gasteiger partial charge in [-0.05, 0) is 6.07 Å². The maximum Gasteiger partial charge on any atom is 0.145 e. The Morgan fingerprint density at radius 2 is 2.21 bits per heavy atom. The minimum absolute atomic E-state index is 0.464. The summed E-state index contributed by atoms with van der Waals surface area (Å²) in [6.45, 7) is 0. The van der Waals surface area contributed by atoms with Crippen molar-refractivity contribution < 1.29 is 4.74 Å². The summed E-state index contributed by atoms with van der Waals surface area (Å²) in [5.41, 5.74) is 7.09. The van der Waals surface area contributed by atoms with E-state index in [-0.39, 0.29) is 0 Å². The topological polar surface area (TPSA) is 48.1 Å². The van der Waals surface area contributed by atoms with Gasteiger partial charge in [-0.2, -0.15) is 0 Å². The van der Waals surface area contributed by atoms with Crippen LogP contribution in [-0.2, 0) is 0 Å². The minimum atomic E-state index is 0.464. The summed E-state index contributed by atoms with van der Waals surface area (Å²) in [7, 11) is 1.60. The number of para-hydroxylation sites is 1. The van der Waals surface area contributed by atoms with E-state index in [4.69, 9.17) is 22.1 Å². The number of ether oxygens (including phenoxy) is 1. The van der Waals surface area contributed by atoms with Crippen molar-refractivity contribution >= 4 is 28.2 Å². The van der Waals surface area contributed by atoms with Crippen LogP contribution in [0.3, 0.4) is 0 Å². The minimum Gasteiger partial charge on any atom is -0.494 e. The Labute approximate surface area is 86.5 Å². The number of halogens is 1. The molecule has 4 heteroatoms. The number of methoxy groups -OCH3 is 1. The molecule has 0 radical (unpaired) electrons. The molecule has 0 spiro atoms. The van der Waals surface area contributed by atoms with Gasteiger partial charge in [0.15, 0.2) is 0 Å². The Balaban J connectivity index is 2.86. The molecule has 2 aromatic rings. The van der Waals surface area contributed by atoms with Crippen molar-refractivity contribution in [3.8, 4) is 5.75 Å². The Bertz CT molecular complexity index is 485. The summed E-state index contributed by atoms with van der Waals surface area (Å²) in [4.78, 5) is 4.18. The average Bonchev–Trinajstić information content (AvgIpc) is 2.23. The van der Waals surface area contributed by atoms with Crippen molar-refractivity contribution in [1.29, 1.82) is 0 Å². The summed E-state index contributed by atoms with van der Waals surface area (Å²) >= 11 is 5.85. The smallest absolute Gasteiger partial charge is 0.145 e. The lowest BCUT2D eigenvalue weighted by Crippen LogP contribution is -1.93. The van der Waals surface area contributed by atoms with Crippen LogP contribution in [0.1, 0.15) is 0 Å². The van der Waals surface area contributed by atoms with E-state index in [1.807, 2.05) is 18.2 Å². The molecule has 3 nitrogen and oxygen atoms in total. The van der Waals surface area contributed by atoms with E-state index in [2.05, 4.69) is 4.98 Å². The van der Waals surface area contributed by atoms with Crippen molar-refractivity contribution in [2.45, 2.75) is 0 Å². The molecule has 72 valence electrons. The second-order valence-electron chi connectivity index (χ2n) is 2.88. The van der Waals surface area contributed by atoms with Gasteiger partial charge in [-0.3, -0.25) is 4.98 Å². The number of hydrogen-bond donors (Lipinski definition) is 1. The third-order valence-electron chi connectivity index (χ3n) is 2.07. The Morgan fingerprint density at radius 3 is 2.93 bits per heavy atom. The lowest BCUT2D eigenvalue weighted by atomic mass is 10.2. The molecule has 0 saturated heterocycles.